The van der Waals surface area contributed by atoms with Crippen LogP contribution in [0.4, 0.5) is 8.78 Å². The zero-order chi connectivity index (χ0) is 15.6. The number of rotatable bonds is 4. The first-order valence-corrected chi connectivity index (χ1v) is 7.20. The van der Waals surface area contributed by atoms with Crippen LogP contribution in [-0.4, -0.2) is 14.2 Å². The number of benzene rings is 2. The van der Waals surface area contributed by atoms with Crippen molar-refractivity contribution in [3.63, 3.8) is 0 Å². The molecule has 4 nitrogen and oxygen atoms in total. The predicted molar refractivity (Wildman–Crippen MR) is 70.6 cm³/mol. The van der Waals surface area contributed by atoms with Gasteiger partial charge in [0.25, 0.3) is 0 Å². The smallest absolute Gasteiger partial charge is 0.339 e. The molecule has 0 aliphatic rings. The summed E-state index contributed by atoms with van der Waals surface area (Å²) in [5.74, 6) is -2.45. The zero-order valence-corrected chi connectivity index (χ0v) is 11.7. The van der Waals surface area contributed by atoms with Crippen LogP contribution >= 0.6 is 0 Å². The number of hydrogen-bond donors (Lipinski definition) is 0. The molecule has 0 radical (unpaired) electrons. The van der Waals surface area contributed by atoms with Crippen molar-refractivity contribution < 1.29 is 26.2 Å². The fourth-order valence-electron chi connectivity index (χ4n) is 1.61. The van der Waals surface area contributed by atoms with Crippen LogP contribution in [-0.2, 0) is 10.1 Å². The lowest BCUT2D eigenvalue weighted by Gasteiger charge is -2.08. The highest BCUT2D eigenvalue weighted by Crippen LogP contribution is 2.21. The van der Waals surface area contributed by atoms with Gasteiger partial charge in [-0.15, -0.1) is 0 Å². The molecule has 7 heteroatoms. The first-order valence-electron chi connectivity index (χ1n) is 5.79. The van der Waals surface area contributed by atoms with Crippen molar-refractivity contribution in [3.05, 3.63) is 59.7 Å². The van der Waals surface area contributed by atoms with Crippen molar-refractivity contribution in [2.75, 3.05) is 0 Å². The van der Waals surface area contributed by atoms with Crippen LogP contribution in [0.3, 0.4) is 0 Å². The maximum Gasteiger partial charge on any atom is 0.339 e. The van der Waals surface area contributed by atoms with Gasteiger partial charge in [0.2, 0.25) is 0 Å². The number of halogens is 2. The van der Waals surface area contributed by atoms with Gasteiger partial charge < -0.3 is 4.18 Å². The molecule has 0 spiro atoms. The average molecular weight is 312 g/mol. The topological polar surface area (TPSA) is 60.4 Å². The summed E-state index contributed by atoms with van der Waals surface area (Å²) < 4.78 is 54.8. The fraction of sp³-hybridized carbons (Fsp3) is 0.0714. The molecule has 110 valence electrons. The van der Waals surface area contributed by atoms with Gasteiger partial charge in [-0.1, -0.05) is 12.1 Å². The molecule has 0 N–H and O–H groups in total. The summed E-state index contributed by atoms with van der Waals surface area (Å²) >= 11 is 0. The Morgan fingerprint density at radius 3 is 2.24 bits per heavy atom. The molecule has 0 saturated heterocycles. The van der Waals surface area contributed by atoms with Gasteiger partial charge in [0.1, 0.15) is 22.3 Å². The third kappa shape index (κ3) is 3.63. The van der Waals surface area contributed by atoms with E-state index in [4.69, 9.17) is 4.18 Å². The van der Waals surface area contributed by atoms with Gasteiger partial charge in [0.05, 0.1) is 0 Å². The normalized spacial score (nSPS) is 11.2. The summed E-state index contributed by atoms with van der Waals surface area (Å²) in [7, 11) is -4.39. The van der Waals surface area contributed by atoms with Gasteiger partial charge in [-0.3, -0.25) is 4.79 Å². The third-order valence-corrected chi connectivity index (χ3v) is 3.80. The number of ketones is 1. The van der Waals surface area contributed by atoms with Crippen LogP contribution in [0.25, 0.3) is 0 Å². The first kappa shape index (κ1) is 15.1. The monoisotopic (exact) mass is 312 g/mol. The van der Waals surface area contributed by atoms with Crippen molar-refractivity contribution >= 4 is 15.9 Å². The van der Waals surface area contributed by atoms with Crippen LogP contribution < -0.4 is 4.18 Å². The Bertz CT molecular complexity index is 780. The number of carbonyl (C=O) groups is 1. The van der Waals surface area contributed by atoms with E-state index in [9.17, 15) is 22.0 Å². The summed E-state index contributed by atoms with van der Waals surface area (Å²) in [6.07, 6.45) is 0. The summed E-state index contributed by atoms with van der Waals surface area (Å²) in [6.45, 7) is 1.32. The second kappa shape index (κ2) is 5.61. The highest BCUT2D eigenvalue weighted by atomic mass is 32.2. The molecule has 0 bridgehead atoms. The lowest BCUT2D eigenvalue weighted by atomic mass is 10.1. The Morgan fingerprint density at radius 1 is 1.05 bits per heavy atom. The Labute approximate surface area is 120 Å². The molecule has 0 unspecified atom stereocenters. The highest BCUT2D eigenvalue weighted by molar-refractivity contribution is 7.87. The third-order valence-electron chi connectivity index (χ3n) is 2.57. The van der Waals surface area contributed by atoms with Crippen LogP contribution in [0.15, 0.2) is 47.4 Å². The van der Waals surface area contributed by atoms with Crippen molar-refractivity contribution in [2.45, 2.75) is 11.8 Å². The van der Waals surface area contributed by atoms with Crippen molar-refractivity contribution in [1.82, 2.24) is 0 Å². The Balaban J connectivity index is 2.37. The van der Waals surface area contributed by atoms with E-state index in [0.717, 1.165) is 0 Å². The van der Waals surface area contributed by atoms with Crippen LogP contribution in [0.5, 0.6) is 5.75 Å². The van der Waals surface area contributed by atoms with Gasteiger partial charge >= 0.3 is 10.1 Å². The molecule has 0 atom stereocenters. The van der Waals surface area contributed by atoms with E-state index in [1.807, 2.05) is 0 Å². The van der Waals surface area contributed by atoms with E-state index in [1.54, 1.807) is 0 Å². The van der Waals surface area contributed by atoms with Crippen LogP contribution in [0, 0.1) is 11.6 Å². The van der Waals surface area contributed by atoms with E-state index in [0.29, 0.717) is 18.2 Å². The molecule has 0 aliphatic carbocycles. The van der Waals surface area contributed by atoms with Gasteiger partial charge in [0, 0.05) is 11.6 Å². The summed E-state index contributed by atoms with van der Waals surface area (Å²) in [5, 5.41) is 0. The van der Waals surface area contributed by atoms with Gasteiger partial charge in [-0.2, -0.15) is 8.42 Å². The summed E-state index contributed by atoms with van der Waals surface area (Å²) in [5.41, 5.74) is 0.258. The molecule has 0 heterocycles. The number of carbonyl (C=O) groups excluding carboxylic acids is 1. The first-order chi connectivity index (χ1) is 9.78. The van der Waals surface area contributed by atoms with Crippen molar-refractivity contribution in [3.8, 4) is 5.75 Å². The SMILES string of the molecule is CC(=O)c1cccc(OS(=O)(=O)c2cc(F)cc(F)c2)c1. The van der Waals surface area contributed by atoms with Gasteiger partial charge in [0.15, 0.2) is 5.78 Å². The zero-order valence-electron chi connectivity index (χ0n) is 10.8. The molecule has 0 amide bonds. The molecular formula is C14H10F2O4S. The quantitative estimate of drug-likeness (QED) is 0.643. The molecule has 0 saturated carbocycles. The van der Waals surface area contributed by atoms with E-state index in [1.165, 1.54) is 31.2 Å². The predicted octanol–water partition coefficient (Wildman–Crippen LogP) is 2.94. The summed E-state index contributed by atoms with van der Waals surface area (Å²) in [4.78, 5) is 10.6. The fourth-order valence-corrected chi connectivity index (χ4v) is 2.58. The van der Waals surface area contributed by atoms with E-state index >= 15 is 0 Å². The lowest BCUT2D eigenvalue weighted by Crippen LogP contribution is -2.11. The minimum absolute atomic E-state index is 0.118. The van der Waals surface area contributed by atoms with E-state index < -0.39 is 26.6 Å². The minimum atomic E-state index is -4.39. The summed E-state index contributed by atoms with van der Waals surface area (Å²) in [6, 6.07) is 7.32. The molecular weight excluding hydrogens is 302 g/mol. The maximum atomic E-state index is 13.1. The van der Waals surface area contributed by atoms with Crippen LogP contribution in [0.1, 0.15) is 17.3 Å². The number of Topliss-reactive ketones (excluding diaryl/α,β-unsaturated/α-hetero) is 1. The second-order valence-electron chi connectivity index (χ2n) is 4.23. The molecule has 21 heavy (non-hydrogen) atoms. The average Bonchev–Trinajstić information content (AvgIpc) is 2.37. The minimum Gasteiger partial charge on any atom is -0.379 e. The van der Waals surface area contributed by atoms with Gasteiger partial charge in [-0.25, -0.2) is 8.78 Å². The molecule has 0 aliphatic heterocycles. The Hall–Kier alpha value is -2.28. The highest BCUT2D eigenvalue weighted by Gasteiger charge is 2.19. The van der Waals surface area contributed by atoms with Crippen LogP contribution in [0.2, 0.25) is 0 Å². The lowest BCUT2D eigenvalue weighted by molar-refractivity contribution is 0.101. The molecule has 2 rings (SSSR count). The maximum absolute atomic E-state index is 13.1. The standard InChI is InChI=1S/C14H10F2O4S/c1-9(17)10-3-2-4-13(5-10)20-21(18,19)14-7-11(15)6-12(16)8-14/h2-8H,1H3. The van der Waals surface area contributed by atoms with Crippen molar-refractivity contribution in [2.24, 2.45) is 0 Å². The molecule has 0 fully saturated rings. The molecule has 2 aromatic rings. The van der Waals surface area contributed by atoms with E-state index in [-0.39, 0.29) is 17.1 Å². The van der Waals surface area contributed by atoms with Gasteiger partial charge in [-0.05, 0) is 31.2 Å². The largest absolute Gasteiger partial charge is 0.379 e. The number of hydrogen-bond acceptors (Lipinski definition) is 4. The Kier molecular flexibility index (Phi) is 4.04. The Morgan fingerprint density at radius 2 is 1.67 bits per heavy atom. The van der Waals surface area contributed by atoms with E-state index in [2.05, 4.69) is 0 Å². The second-order valence-corrected chi connectivity index (χ2v) is 5.77. The van der Waals surface area contributed by atoms with Crippen molar-refractivity contribution in [1.29, 1.82) is 0 Å². The molecule has 0 aromatic heterocycles. The molecule has 2 aromatic carbocycles.